The second-order valence-corrected chi connectivity index (χ2v) is 9.35. The second kappa shape index (κ2) is 10.3. The first-order chi connectivity index (χ1) is 16.4. The fourth-order valence-corrected chi connectivity index (χ4v) is 5.17. The van der Waals surface area contributed by atoms with Crippen molar-refractivity contribution < 1.29 is 14.0 Å². The molecule has 0 aromatic heterocycles. The number of nitrogens with one attached hydrogen (secondary N) is 1. The number of carbonyl (C=O) groups excluding carboxylic acids is 2. The molecule has 1 aliphatic heterocycles. The zero-order valence-electron chi connectivity index (χ0n) is 17.5. The third-order valence-electron chi connectivity index (χ3n) is 5.03. The molecule has 1 fully saturated rings. The van der Waals surface area contributed by atoms with Gasteiger partial charge in [0.05, 0.1) is 16.0 Å². The summed E-state index contributed by atoms with van der Waals surface area (Å²) in [5.74, 6) is -1.35. The highest BCUT2D eigenvalue weighted by Crippen LogP contribution is 2.42. The molecule has 0 saturated carbocycles. The van der Waals surface area contributed by atoms with E-state index >= 15 is 0 Å². The van der Waals surface area contributed by atoms with Crippen LogP contribution in [0.25, 0.3) is 0 Å². The minimum atomic E-state index is -0.703. The van der Waals surface area contributed by atoms with Crippen LogP contribution >= 0.6 is 35.0 Å². The first kappa shape index (κ1) is 23.8. The Morgan fingerprint density at radius 3 is 2.44 bits per heavy atom. The van der Waals surface area contributed by atoms with Crippen molar-refractivity contribution in [2.24, 2.45) is 0 Å². The van der Waals surface area contributed by atoms with E-state index in [4.69, 9.17) is 23.2 Å². The Balaban J connectivity index is 1.71. The number of hydrogen-bond donors (Lipinski definition) is 1. The number of thioether (sulfide) groups is 1. The summed E-state index contributed by atoms with van der Waals surface area (Å²) in [6, 6.07) is 21.2. The number of halogens is 3. The van der Waals surface area contributed by atoms with Crippen molar-refractivity contribution >= 4 is 58.2 Å². The Hall–Kier alpha value is -3.31. The molecule has 1 N–H and O–H groups in total. The van der Waals surface area contributed by atoms with Gasteiger partial charge in [-0.3, -0.25) is 14.5 Å². The Labute approximate surface area is 209 Å². The van der Waals surface area contributed by atoms with Gasteiger partial charge in [0.25, 0.3) is 5.91 Å². The van der Waals surface area contributed by atoms with E-state index in [2.05, 4.69) is 5.32 Å². The molecule has 1 heterocycles. The van der Waals surface area contributed by atoms with Crippen LogP contribution in [0.15, 0.2) is 83.4 Å². The smallest absolute Gasteiger partial charge is 0.269 e. The molecule has 0 spiro atoms. The monoisotopic (exact) mass is 511 g/mol. The Bertz CT molecular complexity index is 1320. The summed E-state index contributed by atoms with van der Waals surface area (Å²) >= 11 is 13.2. The zero-order valence-corrected chi connectivity index (χ0v) is 19.8. The van der Waals surface area contributed by atoms with Crippen molar-refractivity contribution in [3.63, 3.8) is 0 Å². The SMILES string of the molecule is N#C/C(C(=O)Nc1ccc(Cl)cc1Cl)=C1/S[C@@H](Cc2ccc(F)cc2)C(=O)N1c1ccccc1. The van der Waals surface area contributed by atoms with Crippen LogP contribution in [0.4, 0.5) is 15.8 Å². The lowest BCUT2D eigenvalue weighted by molar-refractivity contribution is -0.117. The molecule has 170 valence electrons. The predicted octanol–water partition coefficient (Wildman–Crippen LogP) is 6.20. The molecule has 34 heavy (non-hydrogen) atoms. The molecule has 1 saturated heterocycles. The third-order valence-corrected chi connectivity index (χ3v) is 6.84. The Morgan fingerprint density at radius 2 is 1.79 bits per heavy atom. The van der Waals surface area contributed by atoms with Crippen LogP contribution in [0.3, 0.4) is 0 Å². The number of para-hydroxylation sites is 1. The normalized spacial score (nSPS) is 16.8. The minimum absolute atomic E-state index is 0.215. The highest BCUT2D eigenvalue weighted by Gasteiger charge is 2.40. The summed E-state index contributed by atoms with van der Waals surface area (Å²) in [7, 11) is 0. The molecule has 0 bridgehead atoms. The fraction of sp³-hybridized carbons (Fsp3) is 0.0800. The van der Waals surface area contributed by atoms with Crippen molar-refractivity contribution in [3.05, 3.63) is 105 Å². The van der Waals surface area contributed by atoms with Gasteiger partial charge in [0, 0.05) is 10.7 Å². The van der Waals surface area contributed by atoms with Crippen LogP contribution < -0.4 is 10.2 Å². The topological polar surface area (TPSA) is 73.2 Å². The van der Waals surface area contributed by atoms with Crippen molar-refractivity contribution in [1.82, 2.24) is 0 Å². The average Bonchev–Trinajstić information content (AvgIpc) is 3.13. The van der Waals surface area contributed by atoms with Gasteiger partial charge in [-0.05, 0) is 54.4 Å². The molecule has 4 rings (SSSR count). The molecule has 0 unspecified atom stereocenters. The fourth-order valence-electron chi connectivity index (χ4n) is 3.41. The number of rotatable bonds is 5. The van der Waals surface area contributed by atoms with Gasteiger partial charge in [0.2, 0.25) is 5.91 Å². The average molecular weight is 512 g/mol. The highest BCUT2D eigenvalue weighted by molar-refractivity contribution is 8.05. The van der Waals surface area contributed by atoms with Crippen molar-refractivity contribution in [2.45, 2.75) is 11.7 Å². The van der Waals surface area contributed by atoms with Gasteiger partial charge in [-0.15, -0.1) is 0 Å². The van der Waals surface area contributed by atoms with Gasteiger partial charge in [-0.1, -0.05) is 65.3 Å². The maximum atomic E-state index is 13.4. The molecular formula is C25H16Cl2FN3O2S. The number of nitriles is 1. The largest absolute Gasteiger partial charge is 0.320 e. The van der Waals surface area contributed by atoms with E-state index in [-0.39, 0.29) is 33.0 Å². The highest BCUT2D eigenvalue weighted by atomic mass is 35.5. The van der Waals surface area contributed by atoms with E-state index in [1.807, 2.05) is 6.07 Å². The van der Waals surface area contributed by atoms with Crippen molar-refractivity contribution in [1.29, 1.82) is 5.26 Å². The molecule has 1 atom stereocenters. The van der Waals surface area contributed by atoms with E-state index in [1.54, 1.807) is 48.5 Å². The van der Waals surface area contributed by atoms with Gasteiger partial charge < -0.3 is 5.32 Å². The first-order valence-electron chi connectivity index (χ1n) is 10.1. The lowest BCUT2D eigenvalue weighted by Gasteiger charge is -2.18. The maximum Gasteiger partial charge on any atom is 0.269 e. The van der Waals surface area contributed by atoms with Crippen LogP contribution in [0.2, 0.25) is 10.0 Å². The molecule has 3 aromatic carbocycles. The first-order valence-corrected chi connectivity index (χ1v) is 11.7. The minimum Gasteiger partial charge on any atom is -0.320 e. The van der Waals surface area contributed by atoms with Crippen LogP contribution in [0, 0.1) is 17.1 Å². The van der Waals surface area contributed by atoms with Crippen LogP contribution in [-0.2, 0) is 16.0 Å². The van der Waals surface area contributed by atoms with E-state index in [0.717, 1.165) is 17.3 Å². The lowest BCUT2D eigenvalue weighted by Crippen LogP contribution is -2.30. The Kier molecular flexibility index (Phi) is 7.23. The third kappa shape index (κ3) is 5.10. The molecule has 9 heteroatoms. The molecule has 5 nitrogen and oxygen atoms in total. The van der Waals surface area contributed by atoms with Crippen LogP contribution in [0.5, 0.6) is 0 Å². The van der Waals surface area contributed by atoms with Gasteiger partial charge in [0.1, 0.15) is 22.5 Å². The molecular weight excluding hydrogens is 496 g/mol. The molecule has 3 aromatic rings. The summed E-state index contributed by atoms with van der Waals surface area (Å²) in [5.41, 5.74) is 1.35. The number of amides is 2. The quantitative estimate of drug-likeness (QED) is 0.327. The summed E-state index contributed by atoms with van der Waals surface area (Å²) in [4.78, 5) is 27.9. The molecule has 1 aliphatic rings. The lowest BCUT2D eigenvalue weighted by atomic mass is 10.1. The summed E-state index contributed by atoms with van der Waals surface area (Å²) in [6.07, 6.45) is 0.306. The van der Waals surface area contributed by atoms with E-state index in [0.29, 0.717) is 17.1 Å². The number of anilines is 2. The van der Waals surface area contributed by atoms with Gasteiger partial charge in [0.15, 0.2) is 0 Å². The summed E-state index contributed by atoms with van der Waals surface area (Å²) in [5, 5.41) is 12.7. The molecule has 0 aliphatic carbocycles. The predicted molar refractivity (Wildman–Crippen MR) is 133 cm³/mol. The number of carbonyl (C=O) groups is 2. The molecule has 0 radical (unpaired) electrons. The van der Waals surface area contributed by atoms with Crippen molar-refractivity contribution in [2.75, 3.05) is 10.2 Å². The number of hydrogen-bond acceptors (Lipinski definition) is 4. The van der Waals surface area contributed by atoms with Crippen molar-refractivity contribution in [3.8, 4) is 6.07 Å². The van der Waals surface area contributed by atoms with Crippen LogP contribution in [0.1, 0.15) is 5.56 Å². The maximum absolute atomic E-state index is 13.4. The van der Waals surface area contributed by atoms with Crippen LogP contribution in [-0.4, -0.2) is 17.1 Å². The van der Waals surface area contributed by atoms with E-state index < -0.39 is 11.2 Å². The van der Waals surface area contributed by atoms with E-state index in [9.17, 15) is 19.2 Å². The number of benzene rings is 3. The molecule has 2 amide bonds. The van der Waals surface area contributed by atoms with Gasteiger partial charge >= 0.3 is 0 Å². The van der Waals surface area contributed by atoms with E-state index in [1.165, 1.54) is 29.2 Å². The summed E-state index contributed by atoms with van der Waals surface area (Å²) in [6.45, 7) is 0. The summed E-state index contributed by atoms with van der Waals surface area (Å²) < 4.78 is 13.3. The Morgan fingerprint density at radius 1 is 1.09 bits per heavy atom. The zero-order chi connectivity index (χ0) is 24.2. The standard InChI is InChI=1S/C25H16Cl2FN3O2S/c26-16-8-11-21(20(27)13-16)30-23(32)19(14-29)25-31(18-4-2-1-3-5-18)24(33)22(34-25)12-15-6-9-17(28)10-7-15/h1-11,13,22H,12H2,(H,30,32)/b25-19-/t22-/m0/s1. The number of nitrogens with zero attached hydrogens (tertiary/aromatic N) is 2. The van der Waals surface area contributed by atoms with Gasteiger partial charge in [-0.2, -0.15) is 5.26 Å². The van der Waals surface area contributed by atoms with Gasteiger partial charge in [-0.25, -0.2) is 4.39 Å². The second-order valence-electron chi connectivity index (χ2n) is 7.32.